The fourth-order valence-electron chi connectivity index (χ4n) is 4.44. The Morgan fingerprint density at radius 2 is 1.64 bits per heavy atom. The summed E-state index contributed by atoms with van der Waals surface area (Å²) < 4.78 is 55.3. The summed E-state index contributed by atoms with van der Waals surface area (Å²) in [5, 5.41) is 0. The van der Waals surface area contributed by atoms with Crippen molar-refractivity contribution in [2.24, 2.45) is 0 Å². The molecule has 33 heavy (non-hydrogen) atoms. The number of piperidine rings is 1. The number of fused-ring (bicyclic) bond motifs is 1. The van der Waals surface area contributed by atoms with E-state index >= 15 is 0 Å². The average Bonchev–Trinajstić information content (AvgIpc) is 3.53. The van der Waals surface area contributed by atoms with Crippen LogP contribution in [0.1, 0.15) is 48.0 Å². The molecule has 1 N–H and O–H groups in total. The molecule has 1 amide bonds. The van der Waals surface area contributed by atoms with E-state index < -0.39 is 20.0 Å². The molecule has 0 spiro atoms. The highest BCUT2D eigenvalue weighted by atomic mass is 32.2. The van der Waals surface area contributed by atoms with Gasteiger partial charge in [0, 0.05) is 36.9 Å². The quantitative estimate of drug-likeness (QED) is 0.672. The van der Waals surface area contributed by atoms with E-state index in [9.17, 15) is 21.6 Å². The van der Waals surface area contributed by atoms with Crippen LogP contribution in [-0.2, 0) is 26.5 Å². The van der Waals surface area contributed by atoms with Gasteiger partial charge >= 0.3 is 0 Å². The molecule has 5 rings (SSSR count). The van der Waals surface area contributed by atoms with Gasteiger partial charge < -0.3 is 4.90 Å². The Bertz CT molecular complexity index is 1300. The zero-order chi connectivity index (χ0) is 23.2. The van der Waals surface area contributed by atoms with Crippen molar-refractivity contribution < 1.29 is 21.6 Å². The first-order valence-electron chi connectivity index (χ1n) is 11.3. The van der Waals surface area contributed by atoms with Crippen LogP contribution in [0.25, 0.3) is 0 Å². The zero-order valence-corrected chi connectivity index (χ0v) is 19.9. The maximum atomic E-state index is 13.2. The Kier molecular flexibility index (Phi) is 5.80. The van der Waals surface area contributed by atoms with Crippen molar-refractivity contribution in [3.8, 4) is 0 Å². The van der Waals surface area contributed by atoms with E-state index in [0.29, 0.717) is 31.7 Å². The van der Waals surface area contributed by atoms with Gasteiger partial charge in [0.25, 0.3) is 5.91 Å². The summed E-state index contributed by atoms with van der Waals surface area (Å²) in [6.45, 7) is 1.50. The van der Waals surface area contributed by atoms with Crippen molar-refractivity contribution in [2.75, 3.05) is 24.5 Å². The molecular formula is C23H27N3O5S2. The van der Waals surface area contributed by atoms with E-state index in [1.807, 2.05) is 0 Å². The van der Waals surface area contributed by atoms with E-state index in [1.54, 1.807) is 35.2 Å². The van der Waals surface area contributed by atoms with Crippen molar-refractivity contribution in [3.05, 3.63) is 53.6 Å². The second kappa shape index (κ2) is 8.50. The molecule has 0 unspecified atom stereocenters. The van der Waals surface area contributed by atoms with Gasteiger partial charge in [-0.2, -0.15) is 4.31 Å². The standard InChI is InChI=1S/C23H27N3O5S2/c27-23(18-5-4-6-20(16-18)32(28,29)24-19-7-8-19)26-14-11-17-15-21(9-10-22(17)26)33(30,31)25-12-2-1-3-13-25/h4-6,9-10,15-16,19,24H,1-3,7-8,11-14H2. The van der Waals surface area contributed by atoms with Crippen LogP contribution >= 0.6 is 0 Å². The number of hydrogen-bond donors (Lipinski definition) is 1. The molecule has 1 aliphatic carbocycles. The normalized spacial score (nSPS) is 19.5. The fourth-order valence-corrected chi connectivity index (χ4v) is 7.36. The summed E-state index contributed by atoms with van der Waals surface area (Å²) in [5.74, 6) is -0.302. The lowest BCUT2D eigenvalue weighted by Gasteiger charge is -2.26. The molecule has 3 aliphatic rings. The van der Waals surface area contributed by atoms with Crippen LogP contribution in [0.2, 0.25) is 0 Å². The van der Waals surface area contributed by atoms with Crippen LogP contribution in [-0.4, -0.2) is 52.7 Å². The third kappa shape index (κ3) is 4.44. The van der Waals surface area contributed by atoms with E-state index in [0.717, 1.165) is 37.7 Å². The first-order chi connectivity index (χ1) is 15.8. The SMILES string of the molecule is O=C(c1cccc(S(=O)(=O)NC2CC2)c1)N1CCc2cc(S(=O)(=O)N3CCCCC3)ccc21. The van der Waals surface area contributed by atoms with Crippen molar-refractivity contribution >= 4 is 31.6 Å². The van der Waals surface area contributed by atoms with Gasteiger partial charge in [-0.25, -0.2) is 21.6 Å². The van der Waals surface area contributed by atoms with Crippen LogP contribution in [0, 0.1) is 0 Å². The fraction of sp³-hybridized carbons (Fsp3) is 0.435. The first-order valence-corrected chi connectivity index (χ1v) is 14.3. The minimum absolute atomic E-state index is 0.0183. The van der Waals surface area contributed by atoms with Crippen molar-refractivity contribution in [1.82, 2.24) is 9.03 Å². The summed E-state index contributed by atoms with van der Waals surface area (Å²) >= 11 is 0. The molecule has 8 nitrogen and oxygen atoms in total. The maximum Gasteiger partial charge on any atom is 0.258 e. The second-order valence-electron chi connectivity index (χ2n) is 8.89. The molecule has 2 aromatic rings. The molecule has 1 saturated heterocycles. The topological polar surface area (TPSA) is 104 Å². The highest BCUT2D eigenvalue weighted by Crippen LogP contribution is 2.33. The molecule has 0 radical (unpaired) electrons. The monoisotopic (exact) mass is 489 g/mol. The minimum Gasteiger partial charge on any atom is -0.308 e. The number of anilines is 1. The number of carbonyl (C=O) groups excluding carboxylic acids is 1. The van der Waals surface area contributed by atoms with Gasteiger partial charge in [-0.15, -0.1) is 0 Å². The lowest BCUT2D eigenvalue weighted by Crippen LogP contribution is -2.35. The molecule has 2 aliphatic heterocycles. The van der Waals surface area contributed by atoms with Gasteiger partial charge in [-0.1, -0.05) is 12.5 Å². The molecule has 0 bridgehead atoms. The summed E-state index contributed by atoms with van der Waals surface area (Å²) in [7, 11) is -7.21. The molecule has 2 aromatic carbocycles. The number of nitrogens with zero attached hydrogens (tertiary/aromatic N) is 2. The van der Waals surface area contributed by atoms with Crippen LogP contribution in [0.5, 0.6) is 0 Å². The van der Waals surface area contributed by atoms with Crippen molar-refractivity contribution in [2.45, 2.75) is 54.4 Å². The van der Waals surface area contributed by atoms with Gasteiger partial charge in [0.15, 0.2) is 0 Å². The van der Waals surface area contributed by atoms with E-state index in [2.05, 4.69) is 4.72 Å². The van der Waals surface area contributed by atoms with Crippen molar-refractivity contribution in [1.29, 1.82) is 0 Å². The smallest absolute Gasteiger partial charge is 0.258 e. The molecule has 176 valence electrons. The number of carbonyl (C=O) groups is 1. The molecule has 0 atom stereocenters. The number of nitrogens with one attached hydrogen (secondary N) is 1. The lowest BCUT2D eigenvalue weighted by molar-refractivity contribution is 0.0989. The summed E-state index contributed by atoms with van der Waals surface area (Å²) in [6.07, 6.45) is 5.00. The number of sulfonamides is 2. The van der Waals surface area contributed by atoms with Gasteiger partial charge in [-0.3, -0.25) is 4.79 Å². The molecule has 2 fully saturated rings. The van der Waals surface area contributed by atoms with Gasteiger partial charge in [0.05, 0.1) is 9.79 Å². The number of hydrogen-bond acceptors (Lipinski definition) is 5. The van der Waals surface area contributed by atoms with E-state index in [1.165, 1.54) is 16.4 Å². The Morgan fingerprint density at radius 1 is 0.879 bits per heavy atom. The van der Waals surface area contributed by atoms with Crippen LogP contribution < -0.4 is 9.62 Å². The largest absolute Gasteiger partial charge is 0.308 e. The minimum atomic E-state index is -3.66. The predicted octanol–water partition coefficient (Wildman–Crippen LogP) is 2.50. The summed E-state index contributed by atoms with van der Waals surface area (Å²) in [5.41, 5.74) is 1.76. The number of rotatable bonds is 6. The summed E-state index contributed by atoms with van der Waals surface area (Å²) in [6, 6.07) is 11.0. The predicted molar refractivity (Wildman–Crippen MR) is 124 cm³/mol. The maximum absolute atomic E-state index is 13.2. The molecule has 2 heterocycles. The molecule has 1 saturated carbocycles. The van der Waals surface area contributed by atoms with Crippen LogP contribution in [0.15, 0.2) is 52.3 Å². The van der Waals surface area contributed by atoms with Gasteiger partial charge in [0.2, 0.25) is 20.0 Å². The zero-order valence-electron chi connectivity index (χ0n) is 18.2. The highest BCUT2D eigenvalue weighted by molar-refractivity contribution is 7.89. The Labute approximate surface area is 194 Å². The lowest BCUT2D eigenvalue weighted by atomic mass is 10.1. The third-order valence-electron chi connectivity index (χ3n) is 6.43. The summed E-state index contributed by atoms with van der Waals surface area (Å²) in [4.78, 5) is 15.2. The van der Waals surface area contributed by atoms with Crippen molar-refractivity contribution in [3.63, 3.8) is 0 Å². The molecule has 0 aromatic heterocycles. The van der Waals surface area contributed by atoms with Gasteiger partial charge in [-0.05, 0) is 74.1 Å². The number of amides is 1. The Morgan fingerprint density at radius 3 is 2.36 bits per heavy atom. The second-order valence-corrected chi connectivity index (χ2v) is 12.5. The first kappa shape index (κ1) is 22.5. The Hall–Kier alpha value is -2.27. The Balaban J connectivity index is 1.39. The highest BCUT2D eigenvalue weighted by Gasteiger charge is 2.32. The average molecular weight is 490 g/mol. The van der Waals surface area contributed by atoms with E-state index in [-0.39, 0.29) is 27.3 Å². The molecular weight excluding hydrogens is 462 g/mol. The van der Waals surface area contributed by atoms with Crippen LogP contribution in [0.4, 0.5) is 5.69 Å². The third-order valence-corrected chi connectivity index (χ3v) is 9.85. The number of benzene rings is 2. The van der Waals surface area contributed by atoms with Crippen LogP contribution in [0.3, 0.4) is 0 Å². The molecule has 10 heteroatoms. The van der Waals surface area contributed by atoms with Gasteiger partial charge in [0.1, 0.15) is 0 Å². The van der Waals surface area contributed by atoms with E-state index in [4.69, 9.17) is 0 Å².